The van der Waals surface area contributed by atoms with E-state index in [-0.39, 0.29) is 0 Å². The highest BCUT2D eigenvalue weighted by Crippen LogP contribution is 2.18. The van der Waals surface area contributed by atoms with Crippen molar-refractivity contribution in [3.05, 3.63) is 29.6 Å². The maximum Gasteiger partial charge on any atom is 0.338 e. The van der Waals surface area contributed by atoms with Crippen molar-refractivity contribution >= 4 is 21.9 Å². The molecule has 9 heteroatoms. The molecule has 0 fully saturated rings. The number of carbonyl (C=O) groups is 2. The average Bonchev–Trinajstić information content (AvgIpc) is 2.38. The Balaban J connectivity index is 3.10. The van der Waals surface area contributed by atoms with Crippen LogP contribution in [-0.4, -0.2) is 49.8 Å². The first-order chi connectivity index (χ1) is 9.70. The van der Waals surface area contributed by atoms with Gasteiger partial charge in [-0.2, -0.15) is 4.31 Å². The molecule has 21 heavy (non-hydrogen) atoms. The van der Waals surface area contributed by atoms with Crippen molar-refractivity contribution < 1.29 is 27.5 Å². The quantitative estimate of drug-likeness (QED) is 0.784. The highest BCUT2D eigenvalue weighted by molar-refractivity contribution is 7.89. The zero-order valence-corrected chi connectivity index (χ0v) is 12.3. The average molecular weight is 318 g/mol. The molecule has 0 unspecified atom stereocenters. The van der Waals surface area contributed by atoms with Crippen LogP contribution in [0.15, 0.2) is 23.1 Å². The van der Waals surface area contributed by atoms with Crippen molar-refractivity contribution in [2.24, 2.45) is 0 Å². The first-order valence-electron chi connectivity index (χ1n) is 5.96. The van der Waals surface area contributed by atoms with Gasteiger partial charge in [-0.1, -0.05) is 0 Å². The number of hydrogen-bond acceptors (Lipinski definition) is 4. The molecule has 1 aromatic rings. The molecule has 0 aliphatic rings. The molecule has 1 rings (SSSR count). The van der Waals surface area contributed by atoms with Gasteiger partial charge in [0.05, 0.1) is 17.0 Å². The fourth-order valence-corrected chi connectivity index (χ4v) is 2.70. The van der Waals surface area contributed by atoms with E-state index in [9.17, 15) is 22.4 Å². The number of rotatable bonds is 6. The van der Waals surface area contributed by atoms with Crippen molar-refractivity contribution in [1.82, 2.24) is 9.62 Å². The summed E-state index contributed by atoms with van der Waals surface area (Å²) < 4.78 is 38.4. The minimum atomic E-state index is -4.08. The Labute approximate surface area is 121 Å². The lowest BCUT2D eigenvalue weighted by Crippen LogP contribution is -2.38. The number of halogens is 1. The van der Waals surface area contributed by atoms with E-state index < -0.39 is 44.7 Å². The van der Waals surface area contributed by atoms with E-state index in [1.807, 2.05) is 0 Å². The SMILES string of the molecule is CCNC(=O)CN(C)S(=O)(=O)c1ccc(F)c(C(=O)O)c1. The lowest BCUT2D eigenvalue weighted by atomic mass is 10.2. The number of nitrogens with zero attached hydrogens (tertiary/aromatic N) is 1. The van der Waals surface area contributed by atoms with Crippen LogP contribution in [0.5, 0.6) is 0 Å². The van der Waals surface area contributed by atoms with Gasteiger partial charge in [-0.25, -0.2) is 17.6 Å². The van der Waals surface area contributed by atoms with E-state index in [1.54, 1.807) is 6.92 Å². The molecule has 0 spiro atoms. The number of amides is 1. The predicted molar refractivity (Wildman–Crippen MR) is 71.9 cm³/mol. The molecule has 1 aromatic carbocycles. The number of aromatic carboxylic acids is 1. The number of carboxylic acids is 1. The summed E-state index contributed by atoms with van der Waals surface area (Å²) in [4.78, 5) is 21.8. The zero-order valence-electron chi connectivity index (χ0n) is 11.5. The Hall–Kier alpha value is -2.00. The van der Waals surface area contributed by atoms with Crippen LogP contribution in [0.2, 0.25) is 0 Å². The van der Waals surface area contributed by atoms with Gasteiger partial charge in [-0.05, 0) is 25.1 Å². The van der Waals surface area contributed by atoms with Crippen molar-refractivity contribution in [3.63, 3.8) is 0 Å². The van der Waals surface area contributed by atoms with Gasteiger partial charge in [0.1, 0.15) is 5.82 Å². The van der Waals surface area contributed by atoms with Gasteiger partial charge in [0.25, 0.3) is 0 Å². The van der Waals surface area contributed by atoms with Gasteiger partial charge in [-0.3, -0.25) is 4.79 Å². The summed E-state index contributed by atoms with van der Waals surface area (Å²) in [6.07, 6.45) is 0. The van der Waals surface area contributed by atoms with Gasteiger partial charge >= 0.3 is 5.97 Å². The van der Waals surface area contributed by atoms with Crippen LogP contribution in [0.1, 0.15) is 17.3 Å². The molecule has 0 radical (unpaired) electrons. The Morgan fingerprint density at radius 1 is 1.38 bits per heavy atom. The number of carbonyl (C=O) groups excluding carboxylic acids is 1. The van der Waals surface area contributed by atoms with Crippen molar-refractivity contribution in [1.29, 1.82) is 0 Å². The van der Waals surface area contributed by atoms with E-state index >= 15 is 0 Å². The Morgan fingerprint density at radius 2 is 2.00 bits per heavy atom. The molecular formula is C12H15FN2O5S. The summed E-state index contributed by atoms with van der Waals surface area (Å²) in [7, 11) is -2.91. The van der Waals surface area contributed by atoms with E-state index in [2.05, 4.69) is 5.32 Å². The molecule has 0 bridgehead atoms. The second-order valence-corrected chi connectivity index (χ2v) is 6.21. The number of nitrogens with one attached hydrogen (secondary N) is 1. The fraction of sp³-hybridized carbons (Fsp3) is 0.333. The normalized spacial score (nSPS) is 11.4. The molecule has 0 aliphatic carbocycles. The highest BCUT2D eigenvalue weighted by atomic mass is 32.2. The minimum absolute atomic E-state index is 0.354. The largest absolute Gasteiger partial charge is 0.478 e. The van der Waals surface area contributed by atoms with E-state index in [0.717, 1.165) is 22.5 Å². The van der Waals surface area contributed by atoms with Gasteiger partial charge in [0.15, 0.2) is 0 Å². The second kappa shape index (κ2) is 6.64. The summed E-state index contributed by atoms with van der Waals surface area (Å²) >= 11 is 0. The van der Waals surface area contributed by atoms with Crippen LogP contribution in [0, 0.1) is 5.82 Å². The third kappa shape index (κ3) is 3.99. The summed E-state index contributed by atoms with van der Waals surface area (Å²) in [6, 6.07) is 2.43. The molecule has 0 aliphatic heterocycles. The molecular weight excluding hydrogens is 303 g/mol. The Morgan fingerprint density at radius 3 is 2.52 bits per heavy atom. The van der Waals surface area contributed by atoms with Crippen LogP contribution in [0.4, 0.5) is 4.39 Å². The highest BCUT2D eigenvalue weighted by Gasteiger charge is 2.25. The van der Waals surface area contributed by atoms with Crippen molar-refractivity contribution in [2.45, 2.75) is 11.8 Å². The van der Waals surface area contributed by atoms with Crippen LogP contribution < -0.4 is 5.32 Å². The Bertz CT molecular complexity index is 660. The summed E-state index contributed by atoms with van der Waals surface area (Å²) in [5, 5.41) is 11.2. The number of likely N-dealkylation sites (N-methyl/N-ethyl adjacent to an activating group) is 2. The first kappa shape index (κ1) is 17.1. The summed E-state index contributed by atoms with van der Waals surface area (Å²) in [6.45, 7) is 1.62. The molecule has 0 atom stereocenters. The van der Waals surface area contributed by atoms with Crippen LogP contribution in [0.3, 0.4) is 0 Å². The fourth-order valence-electron chi connectivity index (χ4n) is 1.55. The number of hydrogen-bond donors (Lipinski definition) is 2. The molecule has 7 nitrogen and oxygen atoms in total. The topological polar surface area (TPSA) is 104 Å². The lowest BCUT2D eigenvalue weighted by molar-refractivity contribution is -0.121. The van der Waals surface area contributed by atoms with E-state index in [4.69, 9.17) is 5.11 Å². The van der Waals surface area contributed by atoms with Crippen molar-refractivity contribution in [3.8, 4) is 0 Å². The van der Waals surface area contributed by atoms with Gasteiger partial charge in [0.2, 0.25) is 15.9 Å². The molecule has 0 saturated heterocycles. The minimum Gasteiger partial charge on any atom is -0.478 e. The summed E-state index contributed by atoms with van der Waals surface area (Å²) in [5.41, 5.74) is -0.748. The molecule has 2 N–H and O–H groups in total. The molecule has 1 amide bonds. The Kier molecular flexibility index (Phi) is 5.39. The predicted octanol–water partition coefficient (Wildman–Crippen LogP) is 0.281. The second-order valence-electron chi connectivity index (χ2n) is 4.16. The van der Waals surface area contributed by atoms with E-state index in [0.29, 0.717) is 6.54 Å². The smallest absolute Gasteiger partial charge is 0.338 e. The number of benzene rings is 1. The third-order valence-electron chi connectivity index (χ3n) is 2.62. The first-order valence-corrected chi connectivity index (χ1v) is 7.40. The number of carboxylic acid groups (broad SMARTS) is 1. The van der Waals surface area contributed by atoms with E-state index in [1.165, 1.54) is 7.05 Å². The zero-order chi connectivity index (χ0) is 16.2. The third-order valence-corrected chi connectivity index (χ3v) is 4.42. The maximum absolute atomic E-state index is 13.3. The lowest BCUT2D eigenvalue weighted by Gasteiger charge is -2.17. The summed E-state index contributed by atoms with van der Waals surface area (Å²) in [5.74, 6) is -3.10. The molecule has 0 saturated carbocycles. The van der Waals surface area contributed by atoms with Crippen LogP contribution in [-0.2, 0) is 14.8 Å². The molecule has 0 heterocycles. The van der Waals surface area contributed by atoms with Crippen LogP contribution in [0.25, 0.3) is 0 Å². The standard InChI is InChI=1S/C12H15FN2O5S/c1-3-14-11(16)7-15(2)21(19,20)8-4-5-10(13)9(6-8)12(17)18/h4-6H,3,7H2,1-2H3,(H,14,16)(H,17,18). The van der Waals surface area contributed by atoms with Crippen LogP contribution >= 0.6 is 0 Å². The van der Waals surface area contributed by atoms with Crippen molar-refractivity contribution in [2.75, 3.05) is 20.1 Å². The monoisotopic (exact) mass is 318 g/mol. The van der Waals surface area contributed by atoms with Gasteiger partial charge in [0, 0.05) is 13.6 Å². The molecule has 0 aromatic heterocycles. The molecule has 116 valence electrons. The maximum atomic E-state index is 13.3. The van der Waals surface area contributed by atoms with Gasteiger partial charge in [-0.15, -0.1) is 0 Å². The number of sulfonamides is 1. The van der Waals surface area contributed by atoms with Gasteiger partial charge < -0.3 is 10.4 Å².